The lowest BCUT2D eigenvalue weighted by Gasteiger charge is -2.27. The lowest BCUT2D eigenvalue weighted by molar-refractivity contribution is -0.135. The highest BCUT2D eigenvalue weighted by Crippen LogP contribution is 2.27. The number of benzene rings is 1. The second-order valence-electron chi connectivity index (χ2n) is 6.02. The summed E-state index contributed by atoms with van der Waals surface area (Å²) in [5.41, 5.74) is 0.516. The molecule has 1 aromatic carbocycles. The van der Waals surface area contributed by atoms with Gasteiger partial charge < -0.3 is 15.0 Å². The molecule has 7 heteroatoms. The van der Waals surface area contributed by atoms with E-state index < -0.39 is 0 Å². The molecule has 24 heavy (non-hydrogen) atoms. The second-order valence-corrected chi connectivity index (χ2v) is 6.45. The number of rotatable bonds is 6. The van der Waals surface area contributed by atoms with Crippen LogP contribution in [-0.2, 0) is 9.59 Å². The van der Waals surface area contributed by atoms with Gasteiger partial charge in [-0.15, -0.1) is 0 Å². The van der Waals surface area contributed by atoms with E-state index in [1.807, 2.05) is 11.8 Å². The highest BCUT2D eigenvalue weighted by Gasteiger charge is 2.26. The molecule has 1 unspecified atom stereocenters. The molecule has 0 bridgehead atoms. The number of hydrogen-bond acceptors (Lipinski definition) is 4. The molecule has 0 radical (unpaired) electrons. The lowest BCUT2D eigenvalue weighted by atomic mass is 10.2. The minimum absolute atomic E-state index is 0.0723. The van der Waals surface area contributed by atoms with Crippen molar-refractivity contribution in [3.63, 3.8) is 0 Å². The second kappa shape index (κ2) is 8.35. The summed E-state index contributed by atoms with van der Waals surface area (Å²) in [5, 5.41) is 3.29. The summed E-state index contributed by atoms with van der Waals surface area (Å²) in [5.74, 6) is 0.388. The van der Waals surface area contributed by atoms with Gasteiger partial charge in [-0.2, -0.15) is 0 Å². The summed E-state index contributed by atoms with van der Waals surface area (Å²) in [4.78, 5) is 28.3. The molecular weight excluding hydrogens is 330 g/mol. The van der Waals surface area contributed by atoms with Gasteiger partial charge in [-0.1, -0.05) is 11.6 Å². The van der Waals surface area contributed by atoms with Gasteiger partial charge in [0.15, 0.2) is 0 Å². The van der Waals surface area contributed by atoms with Crippen molar-refractivity contribution in [2.75, 3.05) is 39.1 Å². The van der Waals surface area contributed by atoms with Gasteiger partial charge in [0.25, 0.3) is 0 Å². The fourth-order valence-corrected chi connectivity index (χ4v) is 2.89. The zero-order chi connectivity index (χ0) is 17.7. The molecule has 2 amide bonds. The highest BCUT2D eigenvalue weighted by atomic mass is 35.5. The van der Waals surface area contributed by atoms with Crippen molar-refractivity contribution in [3.05, 3.63) is 23.2 Å². The first-order chi connectivity index (χ1) is 11.4. The molecule has 1 fully saturated rings. The number of methoxy groups -OCH3 is 1. The van der Waals surface area contributed by atoms with E-state index in [1.165, 1.54) is 7.11 Å². The maximum Gasteiger partial charge on any atom is 0.239 e. The van der Waals surface area contributed by atoms with E-state index >= 15 is 0 Å². The van der Waals surface area contributed by atoms with E-state index in [0.717, 1.165) is 25.9 Å². The molecule has 132 valence electrons. The molecule has 1 heterocycles. The Bertz CT molecular complexity index is 603. The molecule has 1 aromatic rings. The van der Waals surface area contributed by atoms with E-state index in [2.05, 4.69) is 5.32 Å². The summed E-state index contributed by atoms with van der Waals surface area (Å²) in [6.07, 6.45) is 2.11. The van der Waals surface area contributed by atoms with E-state index in [1.54, 1.807) is 30.1 Å². The van der Waals surface area contributed by atoms with Gasteiger partial charge in [0.1, 0.15) is 5.75 Å². The summed E-state index contributed by atoms with van der Waals surface area (Å²) in [7, 11) is 3.30. The van der Waals surface area contributed by atoms with E-state index in [-0.39, 0.29) is 24.4 Å². The van der Waals surface area contributed by atoms with Gasteiger partial charge >= 0.3 is 0 Å². The lowest BCUT2D eigenvalue weighted by Crippen LogP contribution is -2.46. The zero-order valence-electron chi connectivity index (χ0n) is 14.3. The number of nitrogens with one attached hydrogen (secondary N) is 1. The van der Waals surface area contributed by atoms with Crippen LogP contribution in [0.3, 0.4) is 0 Å². The van der Waals surface area contributed by atoms with Crippen LogP contribution in [0.1, 0.15) is 19.8 Å². The van der Waals surface area contributed by atoms with Crippen molar-refractivity contribution < 1.29 is 14.3 Å². The summed E-state index contributed by atoms with van der Waals surface area (Å²) in [6, 6.07) is 4.69. The number of anilines is 1. The maximum atomic E-state index is 12.4. The number of likely N-dealkylation sites (tertiary alicyclic amines) is 1. The summed E-state index contributed by atoms with van der Waals surface area (Å²) in [6.45, 7) is 3.55. The van der Waals surface area contributed by atoms with Crippen LogP contribution in [0.2, 0.25) is 5.02 Å². The minimum Gasteiger partial charge on any atom is -0.495 e. The highest BCUT2D eigenvalue weighted by molar-refractivity contribution is 6.31. The Morgan fingerprint density at radius 3 is 2.67 bits per heavy atom. The molecule has 0 aliphatic carbocycles. The average Bonchev–Trinajstić information content (AvgIpc) is 3.08. The van der Waals surface area contributed by atoms with Gasteiger partial charge in [0.05, 0.1) is 25.4 Å². The van der Waals surface area contributed by atoms with Crippen LogP contribution in [0.15, 0.2) is 18.2 Å². The number of carbonyl (C=O) groups excluding carboxylic acids is 2. The van der Waals surface area contributed by atoms with Crippen LogP contribution in [0.4, 0.5) is 5.69 Å². The van der Waals surface area contributed by atoms with Crippen molar-refractivity contribution in [2.45, 2.75) is 25.8 Å². The summed E-state index contributed by atoms with van der Waals surface area (Å²) >= 11 is 5.96. The molecule has 1 aliphatic rings. The van der Waals surface area contributed by atoms with Crippen molar-refractivity contribution in [1.82, 2.24) is 9.80 Å². The Balaban J connectivity index is 1.93. The molecule has 1 N–H and O–H groups in total. The number of hydrogen-bond donors (Lipinski definition) is 1. The molecule has 0 saturated carbocycles. The molecule has 1 saturated heterocycles. The third-order valence-electron chi connectivity index (χ3n) is 4.26. The fraction of sp³-hybridized carbons (Fsp3) is 0.529. The standard InChI is InChI=1S/C17H24ClN3O3/c1-12(17(23)21-8-4-5-9-21)20(2)11-16(22)19-14-10-13(18)6-7-15(14)24-3/h6-7,10,12H,4-5,8-9,11H2,1-3H3,(H,19,22). The van der Waals surface area contributed by atoms with Gasteiger partial charge in [0, 0.05) is 18.1 Å². The molecular formula is C17H24ClN3O3. The predicted molar refractivity (Wildman–Crippen MR) is 94.5 cm³/mol. The van der Waals surface area contributed by atoms with Crippen LogP contribution in [0.25, 0.3) is 0 Å². The first kappa shape index (κ1) is 18.5. The quantitative estimate of drug-likeness (QED) is 0.852. The minimum atomic E-state index is -0.338. The number of halogens is 1. The molecule has 2 rings (SSSR count). The topological polar surface area (TPSA) is 61.9 Å². The van der Waals surface area contributed by atoms with Gasteiger partial charge in [-0.25, -0.2) is 0 Å². The normalized spacial score (nSPS) is 15.5. The monoisotopic (exact) mass is 353 g/mol. The molecule has 1 atom stereocenters. The largest absolute Gasteiger partial charge is 0.495 e. The van der Waals surface area contributed by atoms with Gasteiger partial charge in [-0.05, 0) is 45.0 Å². The average molecular weight is 354 g/mol. The fourth-order valence-electron chi connectivity index (χ4n) is 2.72. The maximum absolute atomic E-state index is 12.4. The van der Waals surface area contributed by atoms with Crippen molar-refractivity contribution in [1.29, 1.82) is 0 Å². The number of amides is 2. The Kier molecular flexibility index (Phi) is 6.45. The Hall–Kier alpha value is -1.79. The van der Waals surface area contributed by atoms with Crippen LogP contribution >= 0.6 is 11.6 Å². The van der Waals surface area contributed by atoms with E-state index in [0.29, 0.717) is 16.5 Å². The molecule has 0 spiro atoms. The van der Waals surface area contributed by atoms with Gasteiger partial charge in [0.2, 0.25) is 11.8 Å². The smallest absolute Gasteiger partial charge is 0.239 e. The molecule has 0 aromatic heterocycles. The van der Waals surface area contributed by atoms with Crippen molar-refractivity contribution in [3.8, 4) is 5.75 Å². The Morgan fingerprint density at radius 1 is 1.38 bits per heavy atom. The van der Waals surface area contributed by atoms with Crippen LogP contribution in [0, 0.1) is 0 Å². The number of ether oxygens (including phenoxy) is 1. The molecule has 1 aliphatic heterocycles. The zero-order valence-corrected chi connectivity index (χ0v) is 15.1. The first-order valence-electron chi connectivity index (χ1n) is 8.04. The number of carbonyl (C=O) groups is 2. The van der Waals surface area contributed by atoms with Crippen LogP contribution in [-0.4, -0.2) is 61.4 Å². The number of likely N-dealkylation sites (N-methyl/N-ethyl adjacent to an activating group) is 1. The molecule has 6 nitrogen and oxygen atoms in total. The number of nitrogens with zero attached hydrogens (tertiary/aromatic N) is 2. The Labute approximate surface area is 147 Å². The van der Waals surface area contributed by atoms with Crippen molar-refractivity contribution in [2.24, 2.45) is 0 Å². The van der Waals surface area contributed by atoms with E-state index in [9.17, 15) is 9.59 Å². The van der Waals surface area contributed by atoms with Crippen molar-refractivity contribution >= 4 is 29.1 Å². The predicted octanol–water partition coefficient (Wildman–Crippen LogP) is 2.23. The first-order valence-corrected chi connectivity index (χ1v) is 8.42. The van der Waals surface area contributed by atoms with Gasteiger partial charge in [-0.3, -0.25) is 14.5 Å². The SMILES string of the molecule is COc1ccc(Cl)cc1NC(=O)CN(C)C(C)C(=O)N1CCCC1. The third-order valence-corrected chi connectivity index (χ3v) is 4.50. The van der Waals surface area contributed by atoms with Crippen LogP contribution in [0.5, 0.6) is 5.75 Å². The van der Waals surface area contributed by atoms with Crippen LogP contribution < -0.4 is 10.1 Å². The summed E-state index contributed by atoms with van der Waals surface area (Å²) < 4.78 is 5.21. The van der Waals surface area contributed by atoms with E-state index in [4.69, 9.17) is 16.3 Å². The Morgan fingerprint density at radius 2 is 2.04 bits per heavy atom. The third kappa shape index (κ3) is 4.61.